The first kappa shape index (κ1) is 22.7. The van der Waals surface area contributed by atoms with Crippen LogP contribution < -0.4 is 10.6 Å². The molecule has 0 saturated carbocycles. The van der Waals surface area contributed by atoms with Gasteiger partial charge in [-0.1, -0.05) is 66.2 Å². The molecule has 3 aromatic rings. The lowest BCUT2D eigenvalue weighted by molar-refractivity contribution is -0.146. The highest BCUT2D eigenvalue weighted by molar-refractivity contribution is 6.04. The number of ether oxygens (including phenoxy) is 1. The van der Waals surface area contributed by atoms with Crippen molar-refractivity contribution >= 4 is 23.5 Å². The van der Waals surface area contributed by atoms with E-state index in [0.717, 1.165) is 22.3 Å². The van der Waals surface area contributed by atoms with Gasteiger partial charge in [-0.25, -0.2) is 0 Å². The molecule has 6 nitrogen and oxygen atoms in total. The summed E-state index contributed by atoms with van der Waals surface area (Å²) in [5, 5.41) is 5.51. The van der Waals surface area contributed by atoms with Crippen LogP contribution in [0.3, 0.4) is 0 Å². The molecule has 0 aliphatic heterocycles. The summed E-state index contributed by atoms with van der Waals surface area (Å²) in [6.07, 6.45) is 0.0952. The highest BCUT2D eigenvalue weighted by atomic mass is 16.5. The fraction of sp³-hybridized carbons (Fsp3) is 0.192. The molecule has 0 aliphatic rings. The van der Waals surface area contributed by atoms with Crippen molar-refractivity contribution in [2.24, 2.45) is 0 Å². The van der Waals surface area contributed by atoms with Crippen LogP contribution >= 0.6 is 0 Å². The second kappa shape index (κ2) is 10.9. The molecule has 164 valence electrons. The lowest BCUT2D eigenvalue weighted by Crippen LogP contribution is -2.26. The van der Waals surface area contributed by atoms with E-state index in [-0.39, 0.29) is 12.3 Å². The van der Waals surface area contributed by atoms with E-state index in [1.807, 2.05) is 62.4 Å². The Morgan fingerprint density at radius 3 is 2.28 bits per heavy atom. The minimum Gasteiger partial charge on any atom is -0.455 e. The fourth-order valence-corrected chi connectivity index (χ4v) is 3.12. The Labute approximate surface area is 187 Å². The van der Waals surface area contributed by atoms with E-state index < -0.39 is 18.5 Å². The Kier molecular flexibility index (Phi) is 7.75. The minimum atomic E-state index is -0.512. The predicted molar refractivity (Wildman–Crippen MR) is 123 cm³/mol. The summed E-state index contributed by atoms with van der Waals surface area (Å²) in [6, 6.07) is 22.1. The number of nitrogens with one attached hydrogen (secondary N) is 2. The van der Waals surface area contributed by atoms with Crippen LogP contribution in [-0.4, -0.2) is 24.4 Å². The minimum absolute atomic E-state index is 0.0952. The summed E-state index contributed by atoms with van der Waals surface area (Å²) in [6.45, 7) is 3.86. The molecule has 0 aromatic heterocycles. The zero-order chi connectivity index (χ0) is 22.9. The van der Waals surface area contributed by atoms with Gasteiger partial charge in [0.15, 0.2) is 6.61 Å². The van der Waals surface area contributed by atoms with Gasteiger partial charge in [0.1, 0.15) is 0 Å². The summed E-state index contributed by atoms with van der Waals surface area (Å²) >= 11 is 0. The Hall–Kier alpha value is -3.93. The van der Waals surface area contributed by atoms with E-state index in [0.29, 0.717) is 17.8 Å². The molecule has 0 heterocycles. The van der Waals surface area contributed by atoms with E-state index in [4.69, 9.17) is 4.74 Å². The van der Waals surface area contributed by atoms with Crippen LogP contribution in [0.1, 0.15) is 32.6 Å². The Balaban J connectivity index is 1.53. The van der Waals surface area contributed by atoms with E-state index in [9.17, 15) is 14.4 Å². The Morgan fingerprint density at radius 1 is 0.844 bits per heavy atom. The molecule has 2 amide bonds. The monoisotopic (exact) mass is 430 g/mol. The van der Waals surface area contributed by atoms with Crippen molar-refractivity contribution in [3.63, 3.8) is 0 Å². The first-order chi connectivity index (χ1) is 15.4. The lowest BCUT2D eigenvalue weighted by Gasteiger charge is -2.12. The molecule has 6 heteroatoms. The number of benzene rings is 3. The van der Waals surface area contributed by atoms with E-state index in [2.05, 4.69) is 10.6 Å². The third-order valence-corrected chi connectivity index (χ3v) is 4.98. The summed E-state index contributed by atoms with van der Waals surface area (Å²) in [4.78, 5) is 37.0. The van der Waals surface area contributed by atoms with Crippen LogP contribution in [0.15, 0.2) is 72.8 Å². The van der Waals surface area contributed by atoms with Gasteiger partial charge in [0.05, 0.1) is 17.7 Å². The topological polar surface area (TPSA) is 84.5 Å². The van der Waals surface area contributed by atoms with E-state index >= 15 is 0 Å². The second-order valence-electron chi connectivity index (χ2n) is 7.53. The largest absolute Gasteiger partial charge is 0.455 e. The zero-order valence-electron chi connectivity index (χ0n) is 18.2. The normalized spacial score (nSPS) is 10.3. The van der Waals surface area contributed by atoms with Gasteiger partial charge in [0.2, 0.25) is 0 Å². The molecule has 0 bridgehead atoms. The number of para-hydroxylation sites is 1. The number of hydrogen-bond acceptors (Lipinski definition) is 4. The maximum absolute atomic E-state index is 12.6. The summed E-state index contributed by atoms with van der Waals surface area (Å²) in [5.74, 6) is -1.31. The third-order valence-electron chi connectivity index (χ3n) is 4.98. The van der Waals surface area contributed by atoms with Gasteiger partial charge in [-0.15, -0.1) is 0 Å². The Bertz CT molecular complexity index is 1110. The molecule has 3 rings (SSSR count). The number of carbonyl (C=O) groups is 3. The molecule has 32 heavy (non-hydrogen) atoms. The SMILES string of the molecule is Cc1ccc(CNC(=O)c2ccccc2NC(=O)COC(=O)Cc2ccccc2C)cc1. The van der Waals surface area contributed by atoms with Gasteiger partial charge in [0, 0.05) is 6.54 Å². The second-order valence-corrected chi connectivity index (χ2v) is 7.53. The highest BCUT2D eigenvalue weighted by Crippen LogP contribution is 2.15. The number of esters is 1. The third kappa shape index (κ3) is 6.54. The van der Waals surface area contributed by atoms with Crippen molar-refractivity contribution in [2.75, 3.05) is 11.9 Å². The number of hydrogen-bond donors (Lipinski definition) is 2. The van der Waals surface area contributed by atoms with Crippen molar-refractivity contribution in [2.45, 2.75) is 26.8 Å². The molecule has 0 spiro atoms. The molecule has 0 atom stereocenters. The average molecular weight is 431 g/mol. The molecule has 2 N–H and O–H groups in total. The van der Waals surface area contributed by atoms with Crippen molar-refractivity contribution in [1.29, 1.82) is 0 Å². The van der Waals surface area contributed by atoms with Gasteiger partial charge in [-0.2, -0.15) is 0 Å². The summed E-state index contributed by atoms with van der Waals surface area (Å²) < 4.78 is 5.10. The van der Waals surface area contributed by atoms with Gasteiger partial charge in [-0.05, 0) is 42.7 Å². The first-order valence-electron chi connectivity index (χ1n) is 10.3. The lowest BCUT2D eigenvalue weighted by atomic mass is 10.1. The first-order valence-corrected chi connectivity index (χ1v) is 10.3. The van der Waals surface area contributed by atoms with Crippen LogP contribution in [-0.2, 0) is 27.3 Å². The van der Waals surface area contributed by atoms with Crippen molar-refractivity contribution in [3.05, 3.63) is 101 Å². The van der Waals surface area contributed by atoms with E-state index in [1.165, 1.54) is 0 Å². The zero-order valence-corrected chi connectivity index (χ0v) is 18.2. The number of amides is 2. The van der Waals surface area contributed by atoms with Gasteiger partial charge < -0.3 is 15.4 Å². The predicted octanol–water partition coefficient (Wildman–Crippen LogP) is 3.96. The van der Waals surface area contributed by atoms with Gasteiger partial charge >= 0.3 is 5.97 Å². The van der Waals surface area contributed by atoms with Crippen molar-refractivity contribution in [3.8, 4) is 0 Å². The number of rotatable bonds is 8. The summed E-state index contributed by atoms with van der Waals surface area (Å²) in [7, 11) is 0. The maximum atomic E-state index is 12.6. The van der Waals surface area contributed by atoms with Crippen LogP contribution in [0.25, 0.3) is 0 Å². The average Bonchev–Trinajstić information content (AvgIpc) is 2.79. The molecular formula is C26H26N2O4. The van der Waals surface area contributed by atoms with Crippen LogP contribution in [0.4, 0.5) is 5.69 Å². The molecule has 0 radical (unpaired) electrons. The number of carbonyl (C=O) groups excluding carboxylic acids is 3. The molecular weight excluding hydrogens is 404 g/mol. The quantitative estimate of drug-likeness (QED) is 0.530. The highest BCUT2D eigenvalue weighted by Gasteiger charge is 2.15. The van der Waals surface area contributed by atoms with E-state index in [1.54, 1.807) is 24.3 Å². The van der Waals surface area contributed by atoms with Gasteiger partial charge in [-0.3, -0.25) is 14.4 Å². The number of aryl methyl sites for hydroxylation is 2. The molecule has 0 saturated heterocycles. The maximum Gasteiger partial charge on any atom is 0.310 e. The smallest absolute Gasteiger partial charge is 0.310 e. The van der Waals surface area contributed by atoms with Gasteiger partial charge in [0.25, 0.3) is 11.8 Å². The molecule has 0 unspecified atom stereocenters. The molecule has 0 fully saturated rings. The fourth-order valence-electron chi connectivity index (χ4n) is 3.12. The standard InChI is InChI=1S/C26H26N2O4/c1-18-11-13-20(14-12-18)16-27-26(31)22-9-5-6-10-23(22)28-24(29)17-32-25(30)15-21-8-4-3-7-19(21)2/h3-14H,15-17H2,1-2H3,(H,27,31)(H,28,29). The molecule has 0 aliphatic carbocycles. The summed E-state index contributed by atoms with van der Waals surface area (Å²) in [5.41, 5.74) is 4.65. The van der Waals surface area contributed by atoms with Crippen LogP contribution in [0, 0.1) is 13.8 Å². The van der Waals surface area contributed by atoms with Crippen LogP contribution in [0.5, 0.6) is 0 Å². The van der Waals surface area contributed by atoms with Crippen molar-refractivity contribution < 1.29 is 19.1 Å². The number of anilines is 1. The van der Waals surface area contributed by atoms with Crippen LogP contribution in [0.2, 0.25) is 0 Å². The molecule has 3 aromatic carbocycles. The Morgan fingerprint density at radius 2 is 1.53 bits per heavy atom. The van der Waals surface area contributed by atoms with Crippen molar-refractivity contribution in [1.82, 2.24) is 5.32 Å².